The number of ether oxygens (including phenoxy) is 2. The molecule has 0 radical (unpaired) electrons. The van der Waals surface area contributed by atoms with Crippen LogP contribution in [-0.2, 0) is 23.9 Å². The van der Waals surface area contributed by atoms with E-state index in [0.29, 0.717) is 36.7 Å². The van der Waals surface area contributed by atoms with Crippen LogP contribution in [0.1, 0.15) is 113 Å². The highest BCUT2D eigenvalue weighted by molar-refractivity contribution is 6.00. The molecule has 0 aliphatic heterocycles. The van der Waals surface area contributed by atoms with Crippen molar-refractivity contribution in [2.45, 2.75) is 119 Å². The van der Waals surface area contributed by atoms with Crippen molar-refractivity contribution in [1.29, 1.82) is 0 Å². The van der Waals surface area contributed by atoms with E-state index in [0.717, 1.165) is 37.7 Å². The third kappa shape index (κ3) is 3.95. The van der Waals surface area contributed by atoms with Gasteiger partial charge in [0.05, 0.1) is 0 Å². The molecule has 0 aromatic heterocycles. The average molecular weight is 527 g/mol. The largest absolute Gasteiger partial charge is 0.465 e. The van der Waals surface area contributed by atoms with Gasteiger partial charge in [-0.1, -0.05) is 41.5 Å². The van der Waals surface area contributed by atoms with Crippen LogP contribution in [0.4, 0.5) is 0 Å². The van der Waals surface area contributed by atoms with E-state index < -0.39 is 0 Å². The molecular formula is C33H50O5. The van der Waals surface area contributed by atoms with E-state index in [9.17, 15) is 14.4 Å². The van der Waals surface area contributed by atoms with Gasteiger partial charge >= 0.3 is 11.9 Å². The first-order valence-electron chi connectivity index (χ1n) is 15.3. The van der Waals surface area contributed by atoms with Gasteiger partial charge < -0.3 is 9.47 Å². The zero-order valence-electron chi connectivity index (χ0n) is 25.1. The van der Waals surface area contributed by atoms with Crippen molar-refractivity contribution in [2.75, 3.05) is 6.61 Å². The molecule has 5 aliphatic carbocycles. The Kier molecular flexibility index (Phi) is 6.75. The lowest BCUT2D eigenvalue weighted by Crippen LogP contribution is -2.63. The van der Waals surface area contributed by atoms with Crippen LogP contribution in [0.15, 0.2) is 11.1 Å². The zero-order chi connectivity index (χ0) is 27.8. The van der Waals surface area contributed by atoms with Gasteiger partial charge in [-0.2, -0.15) is 0 Å². The fraction of sp³-hybridized carbons (Fsp3) is 0.848. The summed E-state index contributed by atoms with van der Waals surface area (Å²) < 4.78 is 11.5. The number of hydrogen-bond acceptors (Lipinski definition) is 5. The Balaban J connectivity index is 1.50. The number of hydrogen-bond donors (Lipinski definition) is 0. The maximum absolute atomic E-state index is 13.5. The first kappa shape index (κ1) is 27.9. The van der Waals surface area contributed by atoms with Crippen molar-refractivity contribution < 1.29 is 23.9 Å². The molecule has 0 aromatic carbocycles. The summed E-state index contributed by atoms with van der Waals surface area (Å²) in [6.07, 6.45) is 9.32. The molecule has 5 heteroatoms. The van der Waals surface area contributed by atoms with Gasteiger partial charge in [0.1, 0.15) is 12.7 Å². The minimum Gasteiger partial charge on any atom is -0.465 e. The maximum Gasteiger partial charge on any atom is 0.302 e. The van der Waals surface area contributed by atoms with Gasteiger partial charge in [-0.05, 0) is 103 Å². The summed E-state index contributed by atoms with van der Waals surface area (Å²) >= 11 is 0. The topological polar surface area (TPSA) is 69.7 Å². The van der Waals surface area contributed by atoms with E-state index in [2.05, 4.69) is 41.5 Å². The number of rotatable bonds is 4. The molecule has 0 amide bonds. The minimum atomic E-state index is -0.294. The van der Waals surface area contributed by atoms with E-state index in [1.807, 2.05) is 0 Å². The fourth-order valence-corrected chi connectivity index (χ4v) is 11.2. The van der Waals surface area contributed by atoms with Gasteiger partial charge in [0.15, 0.2) is 5.78 Å². The Morgan fingerprint density at radius 1 is 0.868 bits per heavy atom. The maximum atomic E-state index is 13.5. The molecule has 5 unspecified atom stereocenters. The SMILES string of the molecule is CC(=O)OCC12CCC3C(CCC4[C@@]3(C)CCC3C(C)(C)[C@@H](OC(C)=O)CC[C@@]34C)C1=C(C(C)C)C(=O)C2. The molecule has 0 saturated heterocycles. The van der Waals surface area contributed by atoms with E-state index in [1.165, 1.54) is 31.8 Å². The predicted molar refractivity (Wildman–Crippen MR) is 147 cm³/mol. The number of ketones is 1. The Hall–Kier alpha value is -1.65. The number of carbonyl (C=O) groups excluding carboxylic acids is 3. The second-order valence-corrected chi connectivity index (χ2v) is 15.1. The predicted octanol–water partition coefficient (Wildman–Crippen LogP) is 7.07. The Labute approximate surface area is 229 Å². The van der Waals surface area contributed by atoms with Gasteiger partial charge in [-0.25, -0.2) is 0 Å². The van der Waals surface area contributed by atoms with Gasteiger partial charge in [-0.15, -0.1) is 0 Å². The van der Waals surface area contributed by atoms with E-state index >= 15 is 0 Å². The lowest BCUT2D eigenvalue weighted by Gasteiger charge is -2.68. The Bertz CT molecular complexity index is 1050. The van der Waals surface area contributed by atoms with Gasteiger partial charge in [0.2, 0.25) is 0 Å². The molecular weight excluding hydrogens is 476 g/mol. The van der Waals surface area contributed by atoms with Crippen molar-refractivity contribution in [2.24, 2.45) is 51.2 Å². The number of Topliss-reactive ketones (excluding diaryl/α,β-unsaturated/α-hetero) is 1. The second-order valence-electron chi connectivity index (χ2n) is 15.1. The summed E-state index contributed by atoms with van der Waals surface area (Å²) in [7, 11) is 0. The van der Waals surface area contributed by atoms with Crippen LogP contribution in [0.5, 0.6) is 0 Å². The third-order valence-corrected chi connectivity index (χ3v) is 12.5. The molecule has 4 fully saturated rings. The van der Waals surface area contributed by atoms with Crippen molar-refractivity contribution in [3.8, 4) is 0 Å². The molecule has 0 bridgehead atoms. The molecule has 0 heterocycles. The highest BCUT2D eigenvalue weighted by Gasteiger charge is 2.66. The highest BCUT2D eigenvalue weighted by atomic mass is 16.5. The summed E-state index contributed by atoms with van der Waals surface area (Å²) in [5, 5.41) is 0. The molecule has 5 aliphatic rings. The highest BCUT2D eigenvalue weighted by Crippen LogP contribution is 2.73. The number of allylic oxidation sites excluding steroid dienone is 1. The van der Waals surface area contributed by atoms with Crippen molar-refractivity contribution in [3.05, 3.63) is 11.1 Å². The normalized spacial score (nSPS) is 43.6. The summed E-state index contributed by atoms with van der Waals surface area (Å²) in [5.41, 5.74) is 2.56. The Morgan fingerprint density at radius 2 is 1.55 bits per heavy atom. The summed E-state index contributed by atoms with van der Waals surface area (Å²) in [5.74, 6) is 2.22. The number of esters is 2. The fourth-order valence-electron chi connectivity index (χ4n) is 11.2. The first-order chi connectivity index (χ1) is 17.7. The van der Waals surface area contributed by atoms with E-state index in [1.54, 1.807) is 6.92 Å². The number of carbonyl (C=O) groups is 3. The molecule has 0 N–H and O–H groups in total. The monoisotopic (exact) mass is 526 g/mol. The summed E-state index contributed by atoms with van der Waals surface area (Å²) in [4.78, 5) is 37.2. The van der Waals surface area contributed by atoms with Crippen LogP contribution >= 0.6 is 0 Å². The van der Waals surface area contributed by atoms with Crippen LogP contribution < -0.4 is 0 Å². The van der Waals surface area contributed by atoms with Gasteiger partial charge in [0.25, 0.3) is 0 Å². The molecule has 212 valence electrons. The van der Waals surface area contributed by atoms with Crippen LogP contribution in [0, 0.1) is 51.2 Å². The third-order valence-electron chi connectivity index (χ3n) is 12.5. The molecule has 8 atom stereocenters. The van der Waals surface area contributed by atoms with Gasteiger partial charge in [0, 0.05) is 31.1 Å². The van der Waals surface area contributed by atoms with Crippen LogP contribution in [0.2, 0.25) is 0 Å². The standard InChI is InChI=1S/C33H50O5/c1-19(2)28-24(36)17-33(18-37-20(3)34)16-11-23-22(29(28)33)9-10-26-31(23,7)14-12-25-30(5,6)27(38-21(4)35)13-15-32(25,26)8/h19,22-23,25-27H,9-18H2,1-8H3/t22?,23?,25?,26?,27-,31-,32-,33?/m0/s1. The Morgan fingerprint density at radius 3 is 2.18 bits per heavy atom. The lowest BCUT2D eigenvalue weighted by atomic mass is 9.36. The molecule has 5 rings (SSSR count). The molecule has 4 saturated carbocycles. The van der Waals surface area contributed by atoms with Crippen molar-refractivity contribution in [3.63, 3.8) is 0 Å². The van der Waals surface area contributed by atoms with Crippen molar-refractivity contribution in [1.82, 2.24) is 0 Å². The minimum absolute atomic E-state index is 0.00130. The quantitative estimate of drug-likeness (QED) is 0.366. The molecule has 0 spiro atoms. The van der Waals surface area contributed by atoms with Gasteiger partial charge in [-0.3, -0.25) is 14.4 Å². The van der Waals surface area contributed by atoms with Crippen LogP contribution in [0.3, 0.4) is 0 Å². The first-order valence-corrected chi connectivity index (χ1v) is 15.3. The smallest absolute Gasteiger partial charge is 0.302 e. The molecule has 5 nitrogen and oxygen atoms in total. The summed E-state index contributed by atoms with van der Waals surface area (Å²) in [6, 6.07) is 0. The summed E-state index contributed by atoms with van der Waals surface area (Å²) in [6.45, 7) is 17.5. The number of fused-ring (bicyclic) bond motifs is 7. The van der Waals surface area contributed by atoms with E-state index in [4.69, 9.17) is 9.47 Å². The molecule has 38 heavy (non-hydrogen) atoms. The lowest BCUT2D eigenvalue weighted by molar-refractivity contribution is -0.212. The van der Waals surface area contributed by atoms with E-state index in [-0.39, 0.29) is 51.4 Å². The molecule has 0 aromatic rings. The second kappa shape index (κ2) is 9.20. The van der Waals surface area contributed by atoms with Crippen LogP contribution in [0.25, 0.3) is 0 Å². The van der Waals surface area contributed by atoms with Crippen LogP contribution in [-0.4, -0.2) is 30.4 Å². The zero-order valence-corrected chi connectivity index (χ0v) is 25.1. The average Bonchev–Trinajstić information content (AvgIpc) is 3.12. The van der Waals surface area contributed by atoms with Crippen molar-refractivity contribution >= 4 is 17.7 Å².